The maximum atomic E-state index is 6.03. The molecule has 0 atom stereocenters. The average Bonchev–Trinajstić information content (AvgIpc) is 3.32. The number of hydrogen-bond donors (Lipinski definition) is 1. The summed E-state index contributed by atoms with van der Waals surface area (Å²) < 4.78 is 0. The minimum Gasteiger partial charge on any atom is -0.368 e. The van der Waals surface area contributed by atoms with Crippen molar-refractivity contribution in [1.29, 1.82) is 0 Å². The molecule has 7 heteroatoms. The van der Waals surface area contributed by atoms with E-state index in [2.05, 4.69) is 56.9 Å². The molecule has 1 aliphatic rings. The van der Waals surface area contributed by atoms with E-state index in [1.807, 2.05) is 24.3 Å². The zero-order valence-electron chi connectivity index (χ0n) is 16.5. The van der Waals surface area contributed by atoms with Gasteiger partial charge in [-0.15, -0.1) is 11.3 Å². The van der Waals surface area contributed by atoms with E-state index in [9.17, 15) is 0 Å². The minimum absolute atomic E-state index is 0.766. The molecule has 0 radical (unpaired) electrons. The summed E-state index contributed by atoms with van der Waals surface area (Å²) in [7, 11) is 0. The number of para-hydroxylation sites is 1. The number of rotatable bonds is 5. The number of nitrogens with one attached hydrogen (secondary N) is 1. The Bertz CT molecular complexity index is 1120. The van der Waals surface area contributed by atoms with Gasteiger partial charge >= 0.3 is 0 Å². The molecule has 30 heavy (non-hydrogen) atoms. The molecule has 2 aromatic carbocycles. The molecule has 0 bridgehead atoms. The third-order valence-corrected chi connectivity index (χ3v) is 6.48. The molecule has 0 spiro atoms. The zero-order valence-corrected chi connectivity index (χ0v) is 18.0. The van der Waals surface area contributed by atoms with Gasteiger partial charge in [-0.05, 0) is 47.8 Å². The second kappa shape index (κ2) is 8.50. The molecule has 2 aromatic heterocycles. The molecule has 152 valence electrons. The highest BCUT2D eigenvalue weighted by molar-refractivity contribution is 7.09. The van der Waals surface area contributed by atoms with Crippen LogP contribution in [-0.2, 0) is 6.54 Å². The second-order valence-electron chi connectivity index (χ2n) is 7.27. The number of benzene rings is 2. The number of halogens is 1. The van der Waals surface area contributed by atoms with Gasteiger partial charge in [-0.1, -0.05) is 29.8 Å². The lowest BCUT2D eigenvalue weighted by Gasteiger charge is -2.36. The molecule has 1 N–H and O–H groups in total. The summed E-state index contributed by atoms with van der Waals surface area (Å²) in [6.45, 7) is 4.38. The summed E-state index contributed by atoms with van der Waals surface area (Å²) in [5.74, 6) is 1.68. The first kappa shape index (κ1) is 19.2. The molecule has 3 heterocycles. The van der Waals surface area contributed by atoms with Gasteiger partial charge in [0.2, 0.25) is 5.95 Å². The summed E-state index contributed by atoms with van der Waals surface area (Å²) >= 11 is 7.77. The van der Waals surface area contributed by atoms with Gasteiger partial charge in [-0.3, -0.25) is 0 Å². The monoisotopic (exact) mass is 435 g/mol. The Balaban J connectivity index is 1.36. The van der Waals surface area contributed by atoms with Crippen molar-refractivity contribution in [3.05, 3.63) is 75.9 Å². The fourth-order valence-electron chi connectivity index (χ4n) is 3.74. The molecule has 0 unspecified atom stereocenters. The van der Waals surface area contributed by atoms with Crippen molar-refractivity contribution in [3.8, 4) is 0 Å². The molecular weight excluding hydrogens is 414 g/mol. The molecule has 1 aliphatic heterocycles. The van der Waals surface area contributed by atoms with Crippen LogP contribution in [-0.4, -0.2) is 36.1 Å². The van der Waals surface area contributed by atoms with Gasteiger partial charge in [0, 0.05) is 47.2 Å². The van der Waals surface area contributed by atoms with Crippen LogP contribution in [0.15, 0.2) is 66.0 Å². The van der Waals surface area contributed by atoms with Gasteiger partial charge in [0.1, 0.15) is 5.82 Å². The summed E-state index contributed by atoms with van der Waals surface area (Å²) in [6, 6.07) is 20.5. The fraction of sp³-hybridized carbons (Fsp3) is 0.217. The van der Waals surface area contributed by atoms with Crippen LogP contribution >= 0.6 is 22.9 Å². The molecular formula is C23H22ClN5S. The molecule has 1 saturated heterocycles. The normalized spacial score (nSPS) is 14.3. The molecule has 1 fully saturated rings. The summed E-state index contributed by atoms with van der Waals surface area (Å²) in [6.07, 6.45) is 0. The maximum Gasteiger partial charge on any atom is 0.228 e. The van der Waals surface area contributed by atoms with E-state index in [-0.39, 0.29) is 0 Å². The Kier molecular flexibility index (Phi) is 5.43. The summed E-state index contributed by atoms with van der Waals surface area (Å²) in [5.41, 5.74) is 2.17. The molecule has 4 aromatic rings. The van der Waals surface area contributed by atoms with Crippen LogP contribution in [0.4, 0.5) is 17.5 Å². The largest absolute Gasteiger partial charge is 0.368 e. The van der Waals surface area contributed by atoms with Gasteiger partial charge in [0.25, 0.3) is 0 Å². The van der Waals surface area contributed by atoms with Crippen LogP contribution in [0.1, 0.15) is 4.88 Å². The van der Waals surface area contributed by atoms with Gasteiger partial charge in [-0.2, -0.15) is 4.98 Å². The van der Waals surface area contributed by atoms with Gasteiger partial charge in [-0.25, -0.2) is 4.98 Å². The standard InChI is InChI=1S/C23H22ClN5S/c24-17-7-9-18(10-8-17)28-11-13-29(14-12-28)23-26-21-6-2-1-5-20(21)22(27-23)25-16-19-4-3-15-30-19/h1-10,15H,11-14,16H2,(H,25,26,27). The van der Waals surface area contributed by atoms with Crippen LogP contribution < -0.4 is 15.1 Å². The zero-order chi connectivity index (χ0) is 20.3. The molecule has 5 nitrogen and oxygen atoms in total. The number of aromatic nitrogens is 2. The number of thiophene rings is 1. The SMILES string of the molecule is Clc1ccc(N2CCN(c3nc(NCc4cccs4)c4ccccc4n3)CC2)cc1. The second-order valence-corrected chi connectivity index (χ2v) is 8.74. The lowest BCUT2D eigenvalue weighted by molar-refractivity contribution is 0.641. The number of hydrogen-bond acceptors (Lipinski definition) is 6. The van der Waals surface area contributed by atoms with Gasteiger partial charge < -0.3 is 15.1 Å². The Morgan fingerprint density at radius 3 is 2.40 bits per heavy atom. The topological polar surface area (TPSA) is 44.3 Å². The van der Waals surface area contributed by atoms with Crippen molar-refractivity contribution < 1.29 is 0 Å². The fourth-order valence-corrected chi connectivity index (χ4v) is 4.51. The summed E-state index contributed by atoms with van der Waals surface area (Å²) in [4.78, 5) is 15.7. The highest BCUT2D eigenvalue weighted by Crippen LogP contribution is 2.26. The minimum atomic E-state index is 0.766. The first-order valence-electron chi connectivity index (χ1n) is 10.0. The first-order valence-corrected chi connectivity index (χ1v) is 11.3. The van der Waals surface area contributed by atoms with Crippen LogP contribution in [0.2, 0.25) is 5.02 Å². The maximum absolute atomic E-state index is 6.03. The third kappa shape index (κ3) is 4.06. The van der Waals surface area contributed by atoms with E-state index in [1.54, 1.807) is 11.3 Å². The van der Waals surface area contributed by atoms with E-state index < -0.39 is 0 Å². The Morgan fingerprint density at radius 1 is 0.867 bits per heavy atom. The van der Waals surface area contributed by atoms with Crippen molar-refractivity contribution in [2.24, 2.45) is 0 Å². The number of piperazine rings is 1. The van der Waals surface area contributed by atoms with E-state index in [0.717, 1.165) is 60.4 Å². The van der Waals surface area contributed by atoms with Crippen LogP contribution in [0.3, 0.4) is 0 Å². The predicted molar refractivity (Wildman–Crippen MR) is 127 cm³/mol. The summed E-state index contributed by atoms with van der Waals surface area (Å²) in [5, 5.41) is 7.44. The van der Waals surface area contributed by atoms with Crippen molar-refractivity contribution in [2.45, 2.75) is 6.54 Å². The number of anilines is 3. The highest BCUT2D eigenvalue weighted by Gasteiger charge is 2.20. The Morgan fingerprint density at radius 2 is 1.63 bits per heavy atom. The van der Waals surface area contributed by atoms with Crippen LogP contribution in [0.5, 0.6) is 0 Å². The van der Waals surface area contributed by atoms with E-state index in [1.165, 1.54) is 10.6 Å². The molecule has 0 aliphatic carbocycles. The lowest BCUT2D eigenvalue weighted by atomic mass is 10.2. The van der Waals surface area contributed by atoms with Crippen molar-refractivity contribution in [2.75, 3.05) is 41.3 Å². The van der Waals surface area contributed by atoms with Crippen LogP contribution in [0.25, 0.3) is 10.9 Å². The van der Waals surface area contributed by atoms with Crippen molar-refractivity contribution in [3.63, 3.8) is 0 Å². The predicted octanol–water partition coefficient (Wildman–Crippen LogP) is 5.28. The molecule has 5 rings (SSSR count). The number of fused-ring (bicyclic) bond motifs is 1. The van der Waals surface area contributed by atoms with E-state index in [0.29, 0.717) is 0 Å². The first-order chi connectivity index (χ1) is 14.8. The van der Waals surface area contributed by atoms with Gasteiger partial charge in [0.05, 0.1) is 12.1 Å². The average molecular weight is 436 g/mol. The van der Waals surface area contributed by atoms with E-state index >= 15 is 0 Å². The third-order valence-electron chi connectivity index (χ3n) is 5.36. The Hall–Kier alpha value is -2.83. The lowest BCUT2D eigenvalue weighted by Crippen LogP contribution is -2.47. The van der Waals surface area contributed by atoms with Gasteiger partial charge in [0.15, 0.2) is 0 Å². The quantitative estimate of drug-likeness (QED) is 0.461. The van der Waals surface area contributed by atoms with E-state index in [4.69, 9.17) is 21.6 Å². The Labute approximate surface area is 184 Å². The van der Waals surface area contributed by atoms with Crippen molar-refractivity contribution in [1.82, 2.24) is 9.97 Å². The molecule has 0 amide bonds. The smallest absolute Gasteiger partial charge is 0.228 e. The molecule has 0 saturated carbocycles. The van der Waals surface area contributed by atoms with Crippen molar-refractivity contribution >= 4 is 51.3 Å². The number of nitrogens with zero attached hydrogens (tertiary/aromatic N) is 4. The van der Waals surface area contributed by atoms with Crippen LogP contribution in [0, 0.1) is 0 Å². The highest BCUT2D eigenvalue weighted by atomic mass is 35.5.